The van der Waals surface area contributed by atoms with Gasteiger partial charge in [-0.3, -0.25) is 4.90 Å². The lowest BCUT2D eigenvalue weighted by Gasteiger charge is -2.35. The summed E-state index contributed by atoms with van der Waals surface area (Å²) < 4.78 is 43.6. The number of rotatable bonds is 11. The first-order valence-electron chi connectivity index (χ1n) is 13.3. The molecule has 2 aromatic carbocycles. The van der Waals surface area contributed by atoms with Crippen LogP contribution in [0.5, 0.6) is 34.5 Å². The summed E-state index contributed by atoms with van der Waals surface area (Å²) in [4.78, 5) is 27.9. The van der Waals surface area contributed by atoms with Gasteiger partial charge in [0.15, 0.2) is 23.0 Å². The normalized spacial score (nSPS) is 23.3. The van der Waals surface area contributed by atoms with Crippen LogP contribution < -0.4 is 28.4 Å². The molecule has 2 fully saturated rings. The number of hydrogen-bond donors (Lipinski definition) is 1. The molecule has 0 radical (unpaired) electrons. The number of aliphatic hydroxyl groups is 1. The van der Waals surface area contributed by atoms with Crippen LogP contribution in [0.3, 0.4) is 0 Å². The predicted octanol–water partition coefficient (Wildman–Crippen LogP) is 2.73. The van der Waals surface area contributed by atoms with Crippen molar-refractivity contribution < 1.29 is 52.6 Å². The van der Waals surface area contributed by atoms with E-state index in [2.05, 4.69) is 0 Å². The Balaban J connectivity index is 1.44. The number of carbonyl (C=O) groups is 2. The number of likely N-dealkylation sites (N-methyl/N-ethyl adjacent to an activating group) is 1. The van der Waals surface area contributed by atoms with Gasteiger partial charge in [-0.05, 0) is 43.0 Å². The minimum absolute atomic E-state index is 0.181. The number of methoxy groups -OCH3 is 6. The Labute approximate surface area is 244 Å². The third kappa shape index (κ3) is 6.04. The summed E-state index contributed by atoms with van der Waals surface area (Å²) in [5.74, 6) is 1.11. The Morgan fingerprint density at radius 1 is 0.762 bits per heavy atom. The Bertz CT molecular complexity index is 1280. The molecule has 2 aromatic rings. The second-order valence-corrected chi connectivity index (χ2v) is 9.90. The van der Waals surface area contributed by atoms with Crippen LogP contribution in [0.15, 0.2) is 30.3 Å². The molecule has 2 heterocycles. The number of carbonyl (C=O) groups excluding carboxylic acids is 2. The van der Waals surface area contributed by atoms with Gasteiger partial charge in [0, 0.05) is 25.0 Å². The molecule has 2 aliphatic rings. The Morgan fingerprint density at radius 2 is 1.26 bits per heavy atom. The van der Waals surface area contributed by atoms with Gasteiger partial charge >= 0.3 is 11.9 Å². The first-order valence-corrected chi connectivity index (χ1v) is 13.3. The van der Waals surface area contributed by atoms with Crippen LogP contribution in [0.4, 0.5) is 0 Å². The van der Waals surface area contributed by atoms with Crippen LogP contribution in [-0.4, -0.2) is 102 Å². The van der Waals surface area contributed by atoms with Gasteiger partial charge in [0.05, 0.1) is 54.3 Å². The predicted molar refractivity (Wildman–Crippen MR) is 151 cm³/mol. The van der Waals surface area contributed by atoms with Crippen LogP contribution in [0.1, 0.15) is 28.8 Å². The van der Waals surface area contributed by atoms with Crippen molar-refractivity contribution in [2.24, 2.45) is 0 Å². The fourth-order valence-electron chi connectivity index (χ4n) is 5.61. The van der Waals surface area contributed by atoms with Crippen molar-refractivity contribution >= 4 is 18.0 Å². The molecule has 2 bridgehead atoms. The van der Waals surface area contributed by atoms with Crippen molar-refractivity contribution in [2.45, 2.75) is 43.2 Å². The minimum Gasteiger partial charge on any atom is -0.493 e. The van der Waals surface area contributed by atoms with Crippen molar-refractivity contribution in [1.82, 2.24) is 4.90 Å². The van der Waals surface area contributed by atoms with E-state index in [1.807, 2.05) is 11.9 Å². The molecule has 2 aliphatic heterocycles. The van der Waals surface area contributed by atoms with Crippen LogP contribution >= 0.6 is 0 Å². The molecule has 0 unspecified atom stereocenters. The lowest BCUT2D eigenvalue weighted by Crippen LogP contribution is -2.46. The second kappa shape index (κ2) is 13.2. The van der Waals surface area contributed by atoms with Crippen LogP contribution in [0.25, 0.3) is 6.08 Å². The number of esters is 2. The molecule has 0 aliphatic carbocycles. The molecule has 0 amide bonds. The second-order valence-electron chi connectivity index (χ2n) is 9.90. The molecule has 12 heteroatoms. The van der Waals surface area contributed by atoms with Crippen LogP contribution in [0.2, 0.25) is 0 Å². The first kappa shape index (κ1) is 30.8. The zero-order chi connectivity index (χ0) is 30.6. The van der Waals surface area contributed by atoms with E-state index in [1.54, 1.807) is 18.2 Å². The number of piperidine rings is 1. The number of aliphatic hydroxyl groups excluding tert-OH is 1. The van der Waals surface area contributed by atoms with E-state index in [-0.39, 0.29) is 17.6 Å². The fraction of sp³-hybridized carbons (Fsp3) is 0.467. The monoisotopic (exact) mass is 587 g/mol. The summed E-state index contributed by atoms with van der Waals surface area (Å²) in [6, 6.07) is 5.69. The van der Waals surface area contributed by atoms with E-state index in [0.717, 1.165) is 0 Å². The largest absolute Gasteiger partial charge is 0.493 e. The molecule has 228 valence electrons. The maximum Gasteiger partial charge on any atom is 0.338 e. The van der Waals surface area contributed by atoms with E-state index in [4.69, 9.17) is 37.9 Å². The number of fused-ring (bicyclic) bond motifs is 2. The smallest absolute Gasteiger partial charge is 0.338 e. The number of hydrogen-bond acceptors (Lipinski definition) is 12. The van der Waals surface area contributed by atoms with Gasteiger partial charge in [-0.25, -0.2) is 9.59 Å². The highest BCUT2D eigenvalue weighted by Gasteiger charge is 2.54. The molecule has 2 saturated heterocycles. The molecule has 0 aromatic heterocycles. The van der Waals surface area contributed by atoms with E-state index in [1.165, 1.54) is 60.9 Å². The van der Waals surface area contributed by atoms with Gasteiger partial charge in [-0.2, -0.15) is 0 Å². The van der Waals surface area contributed by atoms with E-state index in [9.17, 15) is 14.7 Å². The molecule has 0 saturated carbocycles. The van der Waals surface area contributed by atoms with Crippen LogP contribution in [0, 0.1) is 0 Å². The van der Waals surface area contributed by atoms with Gasteiger partial charge < -0.3 is 43.0 Å². The average molecular weight is 588 g/mol. The Morgan fingerprint density at radius 3 is 1.76 bits per heavy atom. The van der Waals surface area contributed by atoms with Gasteiger partial charge in [-0.1, -0.05) is 0 Å². The van der Waals surface area contributed by atoms with Gasteiger partial charge in [0.25, 0.3) is 0 Å². The molecule has 5 atom stereocenters. The maximum absolute atomic E-state index is 13.2. The van der Waals surface area contributed by atoms with Crippen LogP contribution in [-0.2, 0) is 14.3 Å². The van der Waals surface area contributed by atoms with E-state index >= 15 is 0 Å². The van der Waals surface area contributed by atoms with E-state index in [0.29, 0.717) is 52.9 Å². The summed E-state index contributed by atoms with van der Waals surface area (Å²) in [6.07, 6.45) is 1.39. The summed E-state index contributed by atoms with van der Waals surface area (Å²) in [5, 5.41) is 11.1. The molecule has 1 N–H and O–H groups in total. The highest BCUT2D eigenvalue weighted by molar-refractivity contribution is 5.91. The quantitative estimate of drug-likeness (QED) is 0.306. The summed E-state index contributed by atoms with van der Waals surface area (Å²) in [5.41, 5.74) is 0.833. The fourth-order valence-corrected chi connectivity index (χ4v) is 5.61. The number of nitrogens with zero attached hydrogens (tertiary/aromatic N) is 1. The minimum atomic E-state index is -0.968. The Hall–Kier alpha value is -4.16. The molecular weight excluding hydrogens is 550 g/mol. The van der Waals surface area contributed by atoms with Gasteiger partial charge in [-0.15, -0.1) is 0 Å². The molecule has 12 nitrogen and oxygen atoms in total. The zero-order valence-corrected chi connectivity index (χ0v) is 24.7. The van der Waals surface area contributed by atoms with Crippen molar-refractivity contribution in [3.63, 3.8) is 0 Å². The molecular formula is C30H37NO11. The summed E-state index contributed by atoms with van der Waals surface area (Å²) in [6.45, 7) is 0. The Kier molecular flexibility index (Phi) is 9.69. The number of benzene rings is 2. The lowest BCUT2D eigenvalue weighted by atomic mass is 10.00. The maximum atomic E-state index is 13.2. The van der Waals surface area contributed by atoms with Crippen molar-refractivity contribution in [1.29, 1.82) is 0 Å². The SMILES string of the molecule is COc1cc(/C=C/C(=O)O[C@@H]2C[C@@H]3[C@@H](O)[C@@H](OC(=O)c4cc(OC)c(OC)c(OC)c4)[C@H](C2)N3C)cc(OC)c1OC. The molecule has 42 heavy (non-hydrogen) atoms. The van der Waals surface area contributed by atoms with Crippen molar-refractivity contribution in [3.05, 3.63) is 41.5 Å². The lowest BCUT2D eigenvalue weighted by molar-refractivity contribution is -0.146. The molecule has 0 spiro atoms. The first-order chi connectivity index (χ1) is 20.2. The zero-order valence-electron chi connectivity index (χ0n) is 24.7. The molecule has 4 rings (SSSR count). The van der Waals surface area contributed by atoms with Gasteiger partial charge in [0.1, 0.15) is 18.3 Å². The van der Waals surface area contributed by atoms with Crippen molar-refractivity contribution in [2.75, 3.05) is 49.7 Å². The highest BCUT2D eigenvalue weighted by Crippen LogP contribution is 2.41. The summed E-state index contributed by atoms with van der Waals surface area (Å²) >= 11 is 0. The third-order valence-corrected chi connectivity index (χ3v) is 7.69. The highest BCUT2D eigenvalue weighted by atomic mass is 16.6. The standard InChI is InChI=1S/C30H37NO11/c1-31-19-14-18(41-25(32)9-8-16-10-21(35-2)28(39-6)22(11-16)36-3)15-20(31)27(26(19)33)42-30(34)17-12-23(37-4)29(40-7)24(13-17)38-5/h8-13,18-20,26-27,33H,14-15H2,1-7H3/b9-8+/t18-,19-,20+,26-,27+/m1/s1. The number of ether oxygens (including phenoxy) is 8. The third-order valence-electron chi connectivity index (χ3n) is 7.69. The van der Waals surface area contributed by atoms with Gasteiger partial charge in [0.2, 0.25) is 11.5 Å². The summed E-state index contributed by atoms with van der Waals surface area (Å²) in [7, 11) is 10.8. The van der Waals surface area contributed by atoms with Crippen molar-refractivity contribution in [3.8, 4) is 34.5 Å². The average Bonchev–Trinajstić information content (AvgIpc) is 3.12. The van der Waals surface area contributed by atoms with E-state index < -0.39 is 30.3 Å². The topological polar surface area (TPSA) is 131 Å².